The third kappa shape index (κ3) is 2.75. The Morgan fingerprint density at radius 2 is 1.50 bits per heavy atom. The Morgan fingerprint density at radius 3 is 1.88 bits per heavy atom. The van der Waals surface area contributed by atoms with Crippen molar-refractivity contribution in [1.29, 1.82) is 0 Å². The number of hydrogen-bond donors (Lipinski definition) is 0. The average molecular weight is 283 g/mol. The highest BCUT2D eigenvalue weighted by molar-refractivity contribution is 7.91. The van der Waals surface area contributed by atoms with Gasteiger partial charge in [-0.25, -0.2) is 16.8 Å². The lowest BCUT2D eigenvalue weighted by atomic mass is 10.2. The van der Waals surface area contributed by atoms with Crippen LogP contribution in [0.5, 0.6) is 0 Å². The maximum atomic E-state index is 11.4. The van der Waals surface area contributed by atoms with Crippen LogP contribution >= 0.6 is 11.6 Å². The Labute approximate surface area is 100 Å². The molecule has 0 aromatic heterocycles. The molecule has 7 heteroatoms. The van der Waals surface area contributed by atoms with Crippen molar-refractivity contribution in [3.8, 4) is 0 Å². The second-order valence-corrected chi connectivity index (χ2v) is 7.97. The van der Waals surface area contributed by atoms with Gasteiger partial charge >= 0.3 is 0 Å². The highest BCUT2D eigenvalue weighted by Crippen LogP contribution is 2.28. The van der Waals surface area contributed by atoms with E-state index in [0.29, 0.717) is 5.56 Å². The third-order valence-corrected chi connectivity index (χ3v) is 4.85. The van der Waals surface area contributed by atoms with E-state index in [2.05, 4.69) is 0 Å². The molecule has 0 unspecified atom stereocenters. The maximum Gasteiger partial charge on any atom is 0.177 e. The summed E-state index contributed by atoms with van der Waals surface area (Å²) in [5.41, 5.74) is 0.421. The van der Waals surface area contributed by atoms with Crippen LogP contribution < -0.4 is 0 Å². The van der Waals surface area contributed by atoms with Crippen molar-refractivity contribution in [2.24, 2.45) is 0 Å². The van der Waals surface area contributed by atoms with Gasteiger partial charge in [-0.3, -0.25) is 0 Å². The van der Waals surface area contributed by atoms with Gasteiger partial charge in [-0.05, 0) is 24.6 Å². The molecule has 0 amide bonds. The first-order valence-electron chi connectivity index (χ1n) is 4.24. The van der Waals surface area contributed by atoms with Gasteiger partial charge in [0, 0.05) is 12.5 Å². The van der Waals surface area contributed by atoms with Gasteiger partial charge in [-0.2, -0.15) is 0 Å². The van der Waals surface area contributed by atoms with Gasteiger partial charge in [0.15, 0.2) is 19.7 Å². The van der Waals surface area contributed by atoms with Crippen LogP contribution in [0.3, 0.4) is 0 Å². The lowest BCUT2D eigenvalue weighted by molar-refractivity contribution is 0.600. The molecule has 0 aliphatic rings. The predicted octanol–water partition coefficient (Wildman–Crippen LogP) is 1.46. The first kappa shape index (κ1) is 13.5. The molecule has 0 atom stereocenters. The summed E-state index contributed by atoms with van der Waals surface area (Å²) in [5, 5.41) is 0.0647. The van der Waals surface area contributed by atoms with E-state index in [1.54, 1.807) is 6.92 Å². The highest BCUT2D eigenvalue weighted by Gasteiger charge is 2.18. The second-order valence-electron chi connectivity index (χ2n) is 3.60. The molecule has 1 aromatic rings. The van der Waals surface area contributed by atoms with E-state index in [4.69, 9.17) is 11.6 Å². The molecule has 0 spiro atoms. The van der Waals surface area contributed by atoms with Crippen molar-refractivity contribution in [2.45, 2.75) is 16.7 Å². The number of hydrogen-bond acceptors (Lipinski definition) is 4. The molecule has 0 fully saturated rings. The summed E-state index contributed by atoms with van der Waals surface area (Å²) in [4.78, 5) is -0.204. The highest BCUT2D eigenvalue weighted by atomic mass is 35.5. The molecule has 90 valence electrons. The van der Waals surface area contributed by atoms with E-state index in [1.807, 2.05) is 0 Å². The lowest BCUT2D eigenvalue weighted by Gasteiger charge is -2.08. The summed E-state index contributed by atoms with van der Waals surface area (Å²) in [5.74, 6) is 0. The van der Waals surface area contributed by atoms with Crippen LogP contribution in [0.4, 0.5) is 0 Å². The second kappa shape index (κ2) is 4.01. The maximum absolute atomic E-state index is 11.4. The van der Waals surface area contributed by atoms with Gasteiger partial charge in [0.2, 0.25) is 0 Å². The molecule has 1 aromatic carbocycles. The molecular formula is C9H11ClO4S2. The van der Waals surface area contributed by atoms with Gasteiger partial charge in [0.1, 0.15) is 0 Å². The first-order chi connectivity index (χ1) is 7.03. The normalized spacial score (nSPS) is 12.8. The van der Waals surface area contributed by atoms with Crippen molar-refractivity contribution in [1.82, 2.24) is 0 Å². The number of benzene rings is 1. The van der Waals surface area contributed by atoms with Gasteiger partial charge in [0.25, 0.3) is 0 Å². The molecule has 0 aliphatic carbocycles. The third-order valence-electron chi connectivity index (χ3n) is 2.02. The Morgan fingerprint density at radius 1 is 1.00 bits per heavy atom. The summed E-state index contributed by atoms with van der Waals surface area (Å²) >= 11 is 5.83. The van der Waals surface area contributed by atoms with Crippen molar-refractivity contribution < 1.29 is 16.8 Å². The van der Waals surface area contributed by atoms with E-state index in [-0.39, 0.29) is 14.8 Å². The fourth-order valence-electron chi connectivity index (χ4n) is 1.19. The molecule has 0 saturated heterocycles. The molecule has 0 radical (unpaired) electrons. The lowest BCUT2D eigenvalue weighted by Crippen LogP contribution is -2.04. The van der Waals surface area contributed by atoms with Crippen LogP contribution in [0, 0.1) is 6.92 Å². The fourth-order valence-corrected chi connectivity index (χ4v) is 3.34. The Balaban J connectivity index is 3.72. The summed E-state index contributed by atoms with van der Waals surface area (Å²) < 4.78 is 45.5. The molecule has 0 saturated carbocycles. The van der Waals surface area contributed by atoms with Crippen LogP contribution in [0.25, 0.3) is 0 Å². The zero-order valence-electron chi connectivity index (χ0n) is 8.98. The molecule has 0 bridgehead atoms. The first-order valence-corrected chi connectivity index (χ1v) is 8.40. The predicted molar refractivity (Wildman–Crippen MR) is 62.4 cm³/mol. The minimum Gasteiger partial charge on any atom is -0.224 e. The standard InChI is InChI=1S/C9H11ClO4S2/c1-6-4-7(15(2,11)12)5-8(9(6)10)16(3,13)14/h4-5H,1-3H3. The number of halogens is 1. The van der Waals surface area contributed by atoms with Crippen LogP contribution in [0.15, 0.2) is 21.9 Å². The Bertz CT molecular complexity index is 630. The number of aryl methyl sites for hydroxylation is 1. The zero-order valence-corrected chi connectivity index (χ0v) is 11.4. The van der Waals surface area contributed by atoms with E-state index >= 15 is 0 Å². The Kier molecular flexibility index (Phi) is 3.38. The largest absolute Gasteiger partial charge is 0.224 e. The van der Waals surface area contributed by atoms with Crippen molar-refractivity contribution in [3.63, 3.8) is 0 Å². The Hall–Kier alpha value is -0.590. The minimum atomic E-state index is -3.54. The monoisotopic (exact) mass is 282 g/mol. The SMILES string of the molecule is Cc1cc(S(C)(=O)=O)cc(S(C)(=O)=O)c1Cl. The van der Waals surface area contributed by atoms with Crippen LogP contribution in [0.1, 0.15) is 5.56 Å². The van der Waals surface area contributed by atoms with Gasteiger partial charge in [-0.15, -0.1) is 0 Å². The molecule has 1 rings (SSSR count). The topological polar surface area (TPSA) is 68.3 Å². The van der Waals surface area contributed by atoms with Crippen LogP contribution in [-0.2, 0) is 19.7 Å². The van der Waals surface area contributed by atoms with E-state index in [1.165, 1.54) is 6.07 Å². The summed E-state index contributed by atoms with van der Waals surface area (Å²) in [6.07, 6.45) is 2.00. The molecule has 0 heterocycles. The van der Waals surface area contributed by atoms with Gasteiger partial charge in [0.05, 0.1) is 14.8 Å². The zero-order chi connectivity index (χ0) is 12.7. The molecule has 4 nitrogen and oxygen atoms in total. The molecule has 0 aliphatic heterocycles. The van der Waals surface area contributed by atoms with E-state index in [9.17, 15) is 16.8 Å². The van der Waals surface area contributed by atoms with E-state index in [0.717, 1.165) is 18.6 Å². The van der Waals surface area contributed by atoms with Crippen molar-refractivity contribution in [2.75, 3.05) is 12.5 Å². The van der Waals surface area contributed by atoms with Crippen LogP contribution in [-0.4, -0.2) is 29.3 Å². The summed E-state index contributed by atoms with van der Waals surface area (Å²) in [6, 6.07) is 2.44. The number of rotatable bonds is 2. The molecular weight excluding hydrogens is 272 g/mol. The fraction of sp³-hybridized carbons (Fsp3) is 0.333. The van der Waals surface area contributed by atoms with Gasteiger partial charge in [-0.1, -0.05) is 11.6 Å². The van der Waals surface area contributed by atoms with Crippen LogP contribution in [0.2, 0.25) is 5.02 Å². The molecule has 16 heavy (non-hydrogen) atoms. The number of sulfone groups is 2. The van der Waals surface area contributed by atoms with E-state index < -0.39 is 19.7 Å². The average Bonchev–Trinajstić information content (AvgIpc) is 2.05. The summed E-state index contributed by atoms with van der Waals surface area (Å²) in [6.45, 7) is 1.56. The minimum absolute atomic E-state index is 0.0465. The smallest absolute Gasteiger partial charge is 0.177 e. The summed E-state index contributed by atoms with van der Waals surface area (Å²) in [7, 11) is -6.98. The molecule has 0 N–H and O–H groups in total. The van der Waals surface area contributed by atoms with Gasteiger partial charge < -0.3 is 0 Å². The van der Waals surface area contributed by atoms with Crippen molar-refractivity contribution >= 4 is 31.3 Å². The van der Waals surface area contributed by atoms with Crippen molar-refractivity contribution in [3.05, 3.63) is 22.7 Å². The quantitative estimate of drug-likeness (QED) is 0.823.